The molecule has 0 aliphatic heterocycles. The van der Waals surface area contributed by atoms with Crippen LogP contribution >= 0.6 is 0 Å². The van der Waals surface area contributed by atoms with Crippen LogP contribution in [0.25, 0.3) is 5.65 Å². The third-order valence-electron chi connectivity index (χ3n) is 4.92. The van der Waals surface area contributed by atoms with Crippen molar-refractivity contribution < 1.29 is 9.53 Å². The number of aryl methyl sites for hydroxylation is 1. The number of imidazole rings is 1. The van der Waals surface area contributed by atoms with Crippen LogP contribution in [0.1, 0.15) is 47.3 Å². The van der Waals surface area contributed by atoms with Crippen LogP contribution in [0.3, 0.4) is 0 Å². The van der Waals surface area contributed by atoms with Gasteiger partial charge in [-0.1, -0.05) is 18.9 Å². The predicted octanol–water partition coefficient (Wildman–Crippen LogP) is 3.89. The third kappa shape index (κ3) is 3.57. The molecule has 1 aromatic carbocycles. The summed E-state index contributed by atoms with van der Waals surface area (Å²) in [7, 11) is 0. The molecule has 1 saturated carbocycles. The summed E-state index contributed by atoms with van der Waals surface area (Å²) in [6, 6.07) is 11.7. The molecular weight excluding hydrogens is 326 g/mol. The number of pyridine rings is 1. The van der Waals surface area contributed by atoms with Gasteiger partial charge in [-0.05, 0) is 55.7 Å². The number of nitrogens with zero attached hydrogens (tertiary/aromatic N) is 2. The van der Waals surface area contributed by atoms with E-state index in [0.717, 1.165) is 35.5 Å². The molecule has 5 nitrogen and oxygen atoms in total. The predicted molar refractivity (Wildman–Crippen MR) is 100 cm³/mol. The molecule has 0 atom stereocenters. The van der Waals surface area contributed by atoms with Gasteiger partial charge in [-0.15, -0.1) is 0 Å². The molecule has 3 aromatic rings. The van der Waals surface area contributed by atoms with Gasteiger partial charge >= 0.3 is 0 Å². The summed E-state index contributed by atoms with van der Waals surface area (Å²) in [4.78, 5) is 16.9. The minimum atomic E-state index is -0.000670. The van der Waals surface area contributed by atoms with Crippen LogP contribution in [0.4, 0.5) is 0 Å². The number of ether oxygens (including phenoxy) is 1. The fraction of sp³-hybridized carbons (Fsp3) is 0.333. The van der Waals surface area contributed by atoms with Crippen molar-refractivity contribution in [3.05, 3.63) is 65.6 Å². The molecule has 1 aliphatic carbocycles. The number of nitrogens with one attached hydrogen (secondary N) is 1. The van der Waals surface area contributed by atoms with Crippen molar-refractivity contribution in [2.45, 2.75) is 45.3 Å². The van der Waals surface area contributed by atoms with Gasteiger partial charge in [0, 0.05) is 24.0 Å². The topological polar surface area (TPSA) is 55.6 Å². The van der Waals surface area contributed by atoms with Gasteiger partial charge in [-0.2, -0.15) is 0 Å². The third-order valence-corrected chi connectivity index (χ3v) is 4.92. The minimum absolute atomic E-state index is 0.000670. The van der Waals surface area contributed by atoms with E-state index in [-0.39, 0.29) is 5.91 Å². The molecule has 0 radical (unpaired) electrons. The second kappa shape index (κ2) is 7.20. The van der Waals surface area contributed by atoms with E-state index in [9.17, 15) is 4.79 Å². The van der Waals surface area contributed by atoms with Crippen LogP contribution in [0.15, 0.2) is 48.8 Å². The molecule has 134 valence electrons. The summed E-state index contributed by atoms with van der Waals surface area (Å²) in [5, 5.41) is 3.10. The molecule has 0 spiro atoms. The van der Waals surface area contributed by atoms with Gasteiger partial charge < -0.3 is 14.5 Å². The monoisotopic (exact) mass is 349 g/mol. The second-order valence-electron chi connectivity index (χ2n) is 6.92. The highest BCUT2D eigenvalue weighted by Gasteiger charge is 2.17. The molecule has 4 rings (SSSR count). The number of fused-ring (bicyclic) bond motifs is 1. The summed E-state index contributed by atoms with van der Waals surface area (Å²) in [6.45, 7) is 2.44. The van der Waals surface area contributed by atoms with Crippen molar-refractivity contribution in [3.63, 3.8) is 0 Å². The molecule has 0 bridgehead atoms. The van der Waals surface area contributed by atoms with E-state index in [1.807, 2.05) is 60.1 Å². The lowest BCUT2D eigenvalue weighted by atomic mass is 10.1. The molecule has 0 unspecified atom stereocenters. The molecule has 2 heterocycles. The lowest BCUT2D eigenvalue weighted by molar-refractivity contribution is 0.0938. The van der Waals surface area contributed by atoms with Gasteiger partial charge in [0.25, 0.3) is 5.91 Å². The minimum Gasteiger partial charge on any atom is -0.487 e. The van der Waals surface area contributed by atoms with Gasteiger partial charge in [0.1, 0.15) is 18.0 Å². The smallest absolute Gasteiger partial charge is 0.251 e. The van der Waals surface area contributed by atoms with Crippen LogP contribution in [0.5, 0.6) is 5.75 Å². The summed E-state index contributed by atoms with van der Waals surface area (Å²) >= 11 is 0. The SMILES string of the molecule is Cc1cccn2cc(COc3ccc(C(=O)NC4CCCC4)cc3)nc12. The van der Waals surface area contributed by atoms with Crippen LogP contribution in [-0.4, -0.2) is 21.3 Å². The van der Waals surface area contributed by atoms with E-state index in [0.29, 0.717) is 18.2 Å². The molecule has 2 aromatic heterocycles. The quantitative estimate of drug-likeness (QED) is 0.760. The van der Waals surface area contributed by atoms with E-state index >= 15 is 0 Å². The largest absolute Gasteiger partial charge is 0.487 e. The first-order valence-corrected chi connectivity index (χ1v) is 9.16. The van der Waals surface area contributed by atoms with E-state index in [1.165, 1.54) is 12.8 Å². The Morgan fingerprint density at radius 3 is 2.73 bits per heavy atom. The van der Waals surface area contributed by atoms with Gasteiger partial charge in [-0.3, -0.25) is 4.79 Å². The maximum absolute atomic E-state index is 12.3. The highest BCUT2D eigenvalue weighted by molar-refractivity contribution is 5.94. The first-order chi connectivity index (χ1) is 12.7. The summed E-state index contributed by atoms with van der Waals surface area (Å²) < 4.78 is 7.83. The van der Waals surface area contributed by atoms with Crippen molar-refractivity contribution >= 4 is 11.6 Å². The molecule has 0 saturated heterocycles. The molecule has 5 heteroatoms. The Morgan fingerprint density at radius 2 is 2.00 bits per heavy atom. The molecule has 1 N–H and O–H groups in total. The zero-order chi connectivity index (χ0) is 17.9. The Bertz CT molecular complexity index is 909. The maximum Gasteiger partial charge on any atom is 0.251 e. The van der Waals surface area contributed by atoms with Gasteiger partial charge in [0.05, 0.1) is 5.69 Å². The Kier molecular flexibility index (Phi) is 4.61. The Balaban J connectivity index is 1.37. The second-order valence-corrected chi connectivity index (χ2v) is 6.92. The number of hydrogen-bond acceptors (Lipinski definition) is 3. The lowest BCUT2D eigenvalue weighted by Crippen LogP contribution is -2.32. The fourth-order valence-corrected chi connectivity index (χ4v) is 3.47. The Labute approximate surface area is 153 Å². The first kappa shape index (κ1) is 16.6. The molecule has 26 heavy (non-hydrogen) atoms. The molecule has 1 amide bonds. The number of carbonyl (C=O) groups excluding carboxylic acids is 1. The first-order valence-electron chi connectivity index (χ1n) is 9.16. The maximum atomic E-state index is 12.3. The number of benzene rings is 1. The van der Waals surface area contributed by atoms with E-state index in [1.54, 1.807) is 0 Å². The standard InChI is InChI=1S/C21H23N3O2/c1-15-5-4-12-24-13-18(22-20(15)24)14-26-19-10-8-16(9-11-19)21(25)23-17-6-2-3-7-17/h4-5,8-13,17H,2-3,6-7,14H2,1H3,(H,23,25). The average Bonchev–Trinajstić information content (AvgIpc) is 3.30. The van der Waals surface area contributed by atoms with E-state index in [4.69, 9.17) is 4.74 Å². The average molecular weight is 349 g/mol. The van der Waals surface area contributed by atoms with E-state index < -0.39 is 0 Å². The van der Waals surface area contributed by atoms with Gasteiger partial charge in [-0.25, -0.2) is 4.98 Å². The van der Waals surface area contributed by atoms with Crippen molar-refractivity contribution in [2.24, 2.45) is 0 Å². The number of rotatable bonds is 5. The number of carbonyl (C=O) groups is 1. The zero-order valence-corrected chi connectivity index (χ0v) is 14.9. The van der Waals surface area contributed by atoms with Gasteiger partial charge in [0.2, 0.25) is 0 Å². The van der Waals surface area contributed by atoms with Crippen LogP contribution in [0, 0.1) is 6.92 Å². The highest BCUT2D eigenvalue weighted by atomic mass is 16.5. The molecule has 1 fully saturated rings. The fourth-order valence-electron chi connectivity index (χ4n) is 3.47. The number of hydrogen-bond donors (Lipinski definition) is 1. The summed E-state index contributed by atoms with van der Waals surface area (Å²) in [5.41, 5.74) is 3.64. The Hall–Kier alpha value is -2.82. The number of amides is 1. The van der Waals surface area contributed by atoms with Crippen molar-refractivity contribution in [1.29, 1.82) is 0 Å². The van der Waals surface area contributed by atoms with Gasteiger partial charge in [0.15, 0.2) is 0 Å². The van der Waals surface area contributed by atoms with E-state index in [2.05, 4.69) is 10.3 Å². The van der Waals surface area contributed by atoms with Crippen molar-refractivity contribution in [2.75, 3.05) is 0 Å². The van der Waals surface area contributed by atoms with Crippen LogP contribution in [0.2, 0.25) is 0 Å². The lowest BCUT2D eigenvalue weighted by Gasteiger charge is -2.12. The van der Waals surface area contributed by atoms with Crippen LogP contribution < -0.4 is 10.1 Å². The molecule has 1 aliphatic rings. The normalized spacial score (nSPS) is 14.7. The summed E-state index contributed by atoms with van der Waals surface area (Å²) in [6.07, 6.45) is 8.56. The molecular formula is C21H23N3O2. The summed E-state index contributed by atoms with van der Waals surface area (Å²) in [5.74, 6) is 0.732. The number of aromatic nitrogens is 2. The zero-order valence-electron chi connectivity index (χ0n) is 14.9. The van der Waals surface area contributed by atoms with Crippen molar-refractivity contribution in [3.8, 4) is 5.75 Å². The Morgan fingerprint density at radius 1 is 1.23 bits per heavy atom. The highest BCUT2D eigenvalue weighted by Crippen LogP contribution is 2.19. The van der Waals surface area contributed by atoms with Crippen LogP contribution in [-0.2, 0) is 6.61 Å². The van der Waals surface area contributed by atoms with Crippen molar-refractivity contribution in [1.82, 2.24) is 14.7 Å².